The third-order valence-electron chi connectivity index (χ3n) is 6.54. The normalized spacial score (nSPS) is 17.2. The Labute approximate surface area is 208 Å². The maximum atomic E-state index is 14.3. The lowest BCUT2D eigenvalue weighted by Gasteiger charge is -2.30. The summed E-state index contributed by atoms with van der Waals surface area (Å²) in [6, 6.07) is 1.90. The highest BCUT2D eigenvalue weighted by Gasteiger charge is 2.28. The van der Waals surface area contributed by atoms with Crippen molar-refractivity contribution in [1.82, 2.24) is 20.2 Å². The lowest BCUT2D eigenvalue weighted by molar-refractivity contribution is -0.118. The predicted octanol–water partition coefficient (Wildman–Crippen LogP) is 4.79. The monoisotopic (exact) mass is 489 g/mol. The van der Waals surface area contributed by atoms with E-state index in [4.69, 9.17) is 0 Å². The van der Waals surface area contributed by atoms with Crippen LogP contribution in [0.15, 0.2) is 24.7 Å². The van der Waals surface area contributed by atoms with E-state index in [-0.39, 0.29) is 22.9 Å². The number of carbonyl (C=O) groups is 1. The van der Waals surface area contributed by atoms with Gasteiger partial charge in [0.05, 0.1) is 17.9 Å². The zero-order chi connectivity index (χ0) is 25.8. The molecule has 2 aromatic rings. The largest absolute Gasteiger partial charge is 0.328 e. The number of aryl methyl sites for hydroxylation is 1. The molecule has 1 aromatic carbocycles. The Kier molecular flexibility index (Phi) is 8.70. The molecule has 35 heavy (non-hydrogen) atoms. The van der Waals surface area contributed by atoms with Crippen molar-refractivity contribution in [2.24, 2.45) is 5.41 Å². The molecule has 6 nitrogen and oxygen atoms in total. The second-order valence-electron chi connectivity index (χ2n) is 11.6. The Morgan fingerprint density at radius 2 is 1.94 bits per heavy atom. The summed E-state index contributed by atoms with van der Waals surface area (Å²) in [7, 11) is 0. The van der Waals surface area contributed by atoms with Gasteiger partial charge in [-0.1, -0.05) is 34.1 Å². The molecule has 0 radical (unpaired) electrons. The summed E-state index contributed by atoms with van der Waals surface area (Å²) >= 11 is 0. The molecule has 1 heterocycles. The van der Waals surface area contributed by atoms with Crippen molar-refractivity contribution >= 4 is 11.7 Å². The first-order valence-electron chi connectivity index (χ1n) is 12.7. The zero-order valence-corrected chi connectivity index (χ0v) is 22.0. The van der Waals surface area contributed by atoms with Crippen LogP contribution in [0.1, 0.15) is 71.9 Å². The number of halogens is 2. The highest BCUT2D eigenvalue weighted by atomic mass is 19.1. The first-order valence-corrected chi connectivity index (χ1v) is 12.7. The van der Waals surface area contributed by atoms with E-state index in [1.54, 1.807) is 6.33 Å². The number of aromatic nitrogens is 2. The Morgan fingerprint density at radius 1 is 1.20 bits per heavy atom. The highest BCUT2D eigenvalue weighted by Crippen LogP contribution is 2.26. The quantitative estimate of drug-likeness (QED) is 0.449. The maximum absolute atomic E-state index is 14.3. The summed E-state index contributed by atoms with van der Waals surface area (Å²) in [4.78, 5) is 17.5. The van der Waals surface area contributed by atoms with Crippen LogP contribution in [0.25, 0.3) is 0 Å². The standard InChI is InChI=1S/C27H41F2N5O/c1-7-8-23(32-20-10-9-18-11-19(28)12-22(29)21(18)13-20)25(35)33-24-14-34(17-31-24)27(5,6)16-30-15-26(2,3)4/h11-12,14,17,20,23,30,32H,7-10,13,15-16H2,1-6H3,(H,33,35)/t20-,23+/m1/s1. The van der Waals surface area contributed by atoms with Crippen LogP contribution >= 0.6 is 0 Å². The van der Waals surface area contributed by atoms with Gasteiger partial charge in [0, 0.05) is 31.4 Å². The van der Waals surface area contributed by atoms with E-state index in [2.05, 4.69) is 55.6 Å². The maximum Gasteiger partial charge on any atom is 0.242 e. The van der Waals surface area contributed by atoms with E-state index in [0.717, 1.165) is 37.6 Å². The minimum Gasteiger partial charge on any atom is -0.328 e. The third kappa shape index (κ3) is 7.58. The van der Waals surface area contributed by atoms with Gasteiger partial charge in [-0.2, -0.15) is 0 Å². The molecule has 1 aromatic heterocycles. The van der Waals surface area contributed by atoms with E-state index in [0.29, 0.717) is 30.6 Å². The van der Waals surface area contributed by atoms with E-state index < -0.39 is 17.7 Å². The molecule has 3 rings (SSSR count). The Bertz CT molecular complexity index is 1010. The average molecular weight is 490 g/mol. The lowest BCUT2D eigenvalue weighted by atomic mass is 9.87. The molecule has 0 saturated carbocycles. The van der Waals surface area contributed by atoms with Crippen molar-refractivity contribution in [3.05, 3.63) is 47.4 Å². The number of nitrogens with zero attached hydrogens (tertiary/aromatic N) is 2. The number of anilines is 1. The van der Waals surface area contributed by atoms with Crippen molar-refractivity contribution in [3.63, 3.8) is 0 Å². The molecular weight excluding hydrogens is 448 g/mol. The molecule has 1 aliphatic rings. The van der Waals surface area contributed by atoms with Gasteiger partial charge >= 0.3 is 0 Å². The molecule has 0 fully saturated rings. The van der Waals surface area contributed by atoms with E-state index in [1.165, 1.54) is 6.07 Å². The van der Waals surface area contributed by atoms with Crippen molar-refractivity contribution in [2.75, 3.05) is 18.4 Å². The molecule has 0 bridgehead atoms. The van der Waals surface area contributed by atoms with Gasteiger partial charge in [-0.05, 0) is 62.1 Å². The summed E-state index contributed by atoms with van der Waals surface area (Å²) in [5, 5.41) is 9.89. The number of rotatable bonds is 10. The van der Waals surface area contributed by atoms with E-state index >= 15 is 0 Å². The Balaban J connectivity index is 1.61. The summed E-state index contributed by atoms with van der Waals surface area (Å²) in [6.45, 7) is 14.6. The van der Waals surface area contributed by atoms with Crippen LogP contribution in [0.2, 0.25) is 0 Å². The second kappa shape index (κ2) is 11.2. The van der Waals surface area contributed by atoms with Gasteiger partial charge < -0.3 is 20.5 Å². The first-order chi connectivity index (χ1) is 16.4. The van der Waals surface area contributed by atoms with E-state index in [9.17, 15) is 13.6 Å². The van der Waals surface area contributed by atoms with Crippen molar-refractivity contribution in [3.8, 4) is 0 Å². The first kappa shape index (κ1) is 27.3. The highest BCUT2D eigenvalue weighted by molar-refractivity contribution is 5.94. The average Bonchev–Trinajstić information content (AvgIpc) is 3.22. The van der Waals surface area contributed by atoms with Gasteiger partial charge in [-0.3, -0.25) is 4.79 Å². The van der Waals surface area contributed by atoms with Gasteiger partial charge in [0.25, 0.3) is 0 Å². The number of nitrogens with one attached hydrogen (secondary N) is 3. The van der Waals surface area contributed by atoms with Crippen LogP contribution in [-0.2, 0) is 23.2 Å². The Morgan fingerprint density at radius 3 is 2.63 bits per heavy atom. The fourth-order valence-corrected chi connectivity index (χ4v) is 4.56. The van der Waals surface area contributed by atoms with Crippen LogP contribution in [0.3, 0.4) is 0 Å². The number of imidazole rings is 1. The molecule has 3 N–H and O–H groups in total. The third-order valence-corrected chi connectivity index (χ3v) is 6.54. The molecule has 194 valence electrons. The molecule has 1 amide bonds. The van der Waals surface area contributed by atoms with Gasteiger partial charge in [0.15, 0.2) is 5.82 Å². The molecule has 1 aliphatic carbocycles. The fraction of sp³-hybridized carbons (Fsp3) is 0.630. The van der Waals surface area contributed by atoms with Crippen LogP contribution in [0, 0.1) is 17.0 Å². The molecule has 0 aliphatic heterocycles. The molecular formula is C27H41F2N5O. The van der Waals surface area contributed by atoms with Crippen LogP contribution in [0.5, 0.6) is 0 Å². The second-order valence-corrected chi connectivity index (χ2v) is 11.6. The van der Waals surface area contributed by atoms with Crippen LogP contribution < -0.4 is 16.0 Å². The number of hydrogen-bond acceptors (Lipinski definition) is 4. The number of carbonyl (C=O) groups excluding carboxylic acids is 1. The number of hydrogen-bond donors (Lipinski definition) is 3. The van der Waals surface area contributed by atoms with Crippen LogP contribution in [-0.4, -0.2) is 40.6 Å². The molecule has 0 spiro atoms. The van der Waals surface area contributed by atoms with Crippen LogP contribution in [0.4, 0.5) is 14.6 Å². The van der Waals surface area contributed by atoms with Crippen molar-refractivity contribution in [2.45, 2.75) is 91.3 Å². The van der Waals surface area contributed by atoms with Crippen molar-refractivity contribution in [1.29, 1.82) is 0 Å². The minimum absolute atomic E-state index is 0.0462. The topological polar surface area (TPSA) is 71.0 Å². The summed E-state index contributed by atoms with van der Waals surface area (Å²) < 4.78 is 29.9. The molecule has 0 unspecified atom stereocenters. The summed E-state index contributed by atoms with van der Waals surface area (Å²) in [6.07, 6.45) is 6.86. The van der Waals surface area contributed by atoms with E-state index in [1.807, 2.05) is 17.7 Å². The molecule has 2 atom stereocenters. The predicted molar refractivity (Wildman–Crippen MR) is 137 cm³/mol. The molecule has 0 saturated heterocycles. The zero-order valence-electron chi connectivity index (χ0n) is 22.0. The number of benzene rings is 1. The SMILES string of the molecule is CCC[C@H](N[C@@H]1CCc2cc(F)cc(F)c2C1)C(=O)Nc1cn(C(C)(C)CNCC(C)(C)C)cn1. The number of fused-ring (bicyclic) bond motifs is 1. The lowest BCUT2D eigenvalue weighted by Crippen LogP contribution is -2.48. The molecule has 8 heteroatoms. The van der Waals surface area contributed by atoms with Gasteiger partial charge in [0.1, 0.15) is 11.6 Å². The summed E-state index contributed by atoms with van der Waals surface area (Å²) in [5.74, 6) is -0.680. The van der Waals surface area contributed by atoms with Gasteiger partial charge in [0.2, 0.25) is 5.91 Å². The number of amides is 1. The van der Waals surface area contributed by atoms with Gasteiger partial charge in [-0.25, -0.2) is 13.8 Å². The smallest absolute Gasteiger partial charge is 0.242 e. The Hall–Kier alpha value is -2.32. The van der Waals surface area contributed by atoms with Crippen molar-refractivity contribution < 1.29 is 13.6 Å². The van der Waals surface area contributed by atoms with Gasteiger partial charge in [-0.15, -0.1) is 0 Å². The summed E-state index contributed by atoms with van der Waals surface area (Å²) in [5.41, 5.74) is 1.27. The minimum atomic E-state index is -0.538. The fourth-order valence-electron chi connectivity index (χ4n) is 4.56.